The Morgan fingerprint density at radius 2 is 1.71 bits per heavy atom. The molecule has 0 radical (unpaired) electrons. The molecule has 128 valence electrons. The molecule has 0 heterocycles. The van der Waals surface area contributed by atoms with Crippen LogP contribution in [0.25, 0.3) is 0 Å². The van der Waals surface area contributed by atoms with Crippen molar-refractivity contribution >= 4 is 23.4 Å². The van der Waals surface area contributed by atoms with E-state index in [1.165, 1.54) is 30.0 Å². The predicted octanol–water partition coefficient (Wildman–Crippen LogP) is 4.47. The summed E-state index contributed by atoms with van der Waals surface area (Å²) in [5.41, 5.74) is 4.78. The van der Waals surface area contributed by atoms with Crippen molar-refractivity contribution in [3.63, 3.8) is 0 Å². The SMILES string of the molecule is C[C@@H](SCc1ccccc1)C(=O)NNc1ccccc1C(F)(F)F. The van der Waals surface area contributed by atoms with E-state index in [2.05, 4.69) is 10.9 Å². The summed E-state index contributed by atoms with van der Waals surface area (Å²) in [6, 6.07) is 14.6. The highest BCUT2D eigenvalue weighted by molar-refractivity contribution is 7.99. The van der Waals surface area contributed by atoms with Crippen molar-refractivity contribution in [2.24, 2.45) is 0 Å². The molecule has 0 aliphatic carbocycles. The molecule has 2 aromatic rings. The molecule has 2 rings (SSSR count). The molecule has 3 nitrogen and oxygen atoms in total. The van der Waals surface area contributed by atoms with Crippen molar-refractivity contribution in [2.75, 3.05) is 5.43 Å². The van der Waals surface area contributed by atoms with Crippen LogP contribution in [0, 0.1) is 0 Å². The minimum Gasteiger partial charge on any atom is -0.298 e. The number of para-hydroxylation sites is 1. The zero-order valence-electron chi connectivity index (χ0n) is 12.9. The molecule has 0 spiro atoms. The van der Waals surface area contributed by atoms with Crippen LogP contribution in [-0.4, -0.2) is 11.2 Å². The summed E-state index contributed by atoms with van der Waals surface area (Å²) in [5, 5.41) is -0.407. The van der Waals surface area contributed by atoms with Gasteiger partial charge in [-0.3, -0.25) is 15.6 Å². The third-order valence-electron chi connectivity index (χ3n) is 3.26. The fraction of sp³-hybridized carbons (Fsp3) is 0.235. The number of thioether (sulfide) groups is 1. The summed E-state index contributed by atoms with van der Waals surface area (Å²) >= 11 is 1.41. The van der Waals surface area contributed by atoms with Crippen LogP contribution < -0.4 is 10.9 Å². The second-order valence-corrected chi connectivity index (χ2v) is 6.43. The number of hydrogen-bond donors (Lipinski definition) is 2. The van der Waals surface area contributed by atoms with Crippen LogP contribution in [0.3, 0.4) is 0 Å². The fourth-order valence-electron chi connectivity index (χ4n) is 1.94. The molecule has 0 unspecified atom stereocenters. The van der Waals surface area contributed by atoms with Crippen molar-refractivity contribution in [3.8, 4) is 0 Å². The molecule has 0 aromatic heterocycles. The quantitative estimate of drug-likeness (QED) is 0.752. The van der Waals surface area contributed by atoms with E-state index in [9.17, 15) is 18.0 Å². The molecule has 0 aliphatic heterocycles. The summed E-state index contributed by atoms with van der Waals surface area (Å²) in [6.07, 6.45) is -4.48. The number of carbonyl (C=O) groups excluding carboxylic acids is 1. The first-order valence-corrected chi connectivity index (χ1v) is 8.30. The zero-order chi connectivity index (χ0) is 17.6. The number of nitrogens with one attached hydrogen (secondary N) is 2. The van der Waals surface area contributed by atoms with E-state index in [4.69, 9.17) is 0 Å². The molecule has 0 fully saturated rings. The van der Waals surface area contributed by atoms with Gasteiger partial charge in [-0.2, -0.15) is 13.2 Å². The minimum absolute atomic E-state index is 0.182. The van der Waals surface area contributed by atoms with Gasteiger partial charge in [0.05, 0.1) is 16.5 Å². The van der Waals surface area contributed by atoms with Gasteiger partial charge in [0.2, 0.25) is 0 Å². The van der Waals surface area contributed by atoms with Crippen LogP contribution in [0.2, 0.25) is 0 Å². The third-order valence-corrected chi connectivity index (χ3v) is 4.48. The van der Waals surface area contributed by atoms with Gasteiger partial charge in [0.1, 0.15) is 0 Å². The van der Waals surface area contributed by atoms with Gasteiger partial charge >= 0.3 is 6.18 Å². The number of rotatable bonds is 6. The average Bonchev–Trinajstić information content (AvgIpc) is 2.58. The highest BCUT2D eigenvalue weighted by Crippen LogP contribution is 2.34. The van der Waals surface area contributed by atoms with Gasteiger partial charge in [0, 0.05) is 5.75 Å². The average molecular weight is 354 g/mol. The van der Waals surface area contributed by atoms with Crippen molar-refractivity contribution in [2.45, 2.75) is 24.1 Å². The van der Waals surface area contributed by atoms with Gasteiger partial charge < -0.3 is 0 Å². The monoisotopic (exact) mass is 354 g/mol. The van der Waals surface area contributed by atoms with Crippen molar-refractivity contribution in [3.05, 3.63) is 65.7 Å². The van der Waals surface area contributed by atoms with E-state index in [0.717, 1.165) is 11.6 Å². The first kappa shape index (κ1) is 18.2. The summed E-state index contributed by atoms with van der Waals surface area (Å²) in [5.74, 6) is 0.266. The lowest BCUT2D eigenvalue weighted by Crippen LogP contribution is -2.36. The first-order valence-electron chi connectivity index (χ1n) is 7.25. The van der Waals surface area contributed by atoms with E-state index >= 15 is 0 Å². The summed E-state index contributed by atoms with van der Waals surface area (Å²) in [7, 11) is 0. The second kappa shape index (κ2) is 8.10. The van der Waals surface area contributed by atoms with E-state index in [0.29, 0.717) is 5.75 Å². The van der Waals surface area contributed by atoms with Crippen LogP contribution in [0.15, 0.2) is 54.6 Å². The molecule has 0 saturated carbocycles. The maximum Gasteiger partial charge on any atom is 0.418 e. The molecule has 7 heteroatoms. The van der Waals surface area contributed by atoms with E-state index in [1.54, 1.807) is 6.92 Å². The Balaban J connectivity index is 1.89. The van der Waals surface area contributed by atoms with Gasteiger partial charge in [0.15, 0.2) is 0 Å². The maximum atomic E-state index is 12.9. The summed E-state index contributed by atoms with van der Waals surface area (Å²) < 4.78 is 38.6. The zero-order valence-corrected chi connectivity index (χ0v) is 13.7. The predicted molar refractivity (Wildman–Crippen MR) is 90.4 cm³/mol. The van der Waals surface area contributed by atoms with Crippen LogP contribution >= 0.6 is 11.8 Å². The molecular weight excluding hydrogens is 337 g/mol. The van der Waals surface area contributed by atoms with E-state index in [-0.39, 0.29) is 11.6 Å². The normalized spacial score (nSPS) is 12.5. The number of anilines is 1. The van der Waals surface area contributed by atoms with Gasteiger partial charge in [0.25, 0.3) is 5.91 Å². The van der Waals surface area contributed by atoms with Crippen LogP contribution in [0.1, 0.15) is 18.1 Å². The topological polar surface area (TPSA) is 41.1 Å². The Labute approximate surface area is 142 Å². The molecule has 0 saturated heterocycles. The Bertz CT molecular complexity index is 677. The molecule has 1 amide bonds. The number of hydrazine groups is 1. The van der Waals surface area contributed by atoms with Gasteiger partial charge in [-0.15, -0.1) is 11.8 Å². The minimum atomic E-state index is -4.48. The Morgan fingerprint density at radius 3 is 2.38 bits per heavy atom. The van der Waals surface area contributed by atoms with Gasteiger partial charge in [-0.05, 0) is 24.6 Å². The number of amides is 1. The number of halogens is 3. The summed E-state index contributed by atoms with van der Waals surface area (Å²) in [4.78, 5) is 12.0. The molecule has 2 N–H and O–H groups in total. The first-order chi connectivity index (χ1) is 11.4. The number of carbonyl (C=O) groups is 1. The van der Waals surface area contributed by atoms with Crippen LogP contribution in [-0.2, 0) is 16.7 Å². The molecule has 0 bridgehead atoms. The van der Waals surface area contributed by atoms with Gasteiger partial charge in [-0.25, -0.2) is 0 Å². The van der Waals surface area contributed by atoms with Crippen molar-refractivity contribution in [1.82, 2.24) is 5.43 Å². The second-order valence-electron chi connectivity index (χ2n) is 5.10. The lowest BCUT2D eigenvalue weighted by atomic mass is 10.2. The smallest absolute Gasteiger partial charge is 0.298 e. The Hall–Kier alpha value is -2.15. The molecule has 24 heavy (non-hydrogen) atoms. The number of alkyl halides is 3. The number of hydrogen-bond acceptors (Lipinski definition) is 3. The largest absolute Gasteiger partial charge is 0.418 e. The highest BCUT2D eigenvalue weighted by atomic mass is 32.2. The lowest BCUT2D eigenvalue weighted by Gasteiger charge is -2.17. The van der Waals surface area contributed by atoms with E-state index in [1.807, 2.05) is 30.3 Å². The number of benzene rings is 2. The molecule has 1 atom stereocenters. The molecular formula is C17H17F3N2OS. The standard InChI is InChI=1S/C17H17F3N2OS/c1-12(24-11-13-7-3-2-4-8-13)16(23)22-21-15-10-6-5-9-14(15)17(18,19)20/h2-10,12,21H,11H2,1H3,(H,22,23)/t12-/m1/s1. The fourth-order valence-corrected chi connectivity index (χ4v) is 2.79. The Kier molecular flexibility index (Phi) is 6.14. The molecule has 2 aromatic carbocycles. The summed E-state index contributed by atoms with van der Waals surface area (Å²) in [6.45, 7) is 1.71. The highest BCUT2D eigenvalue weighted by Gasteiger charge is 2.33. The molecule has 0 aliphatic rings. The lowest BCUT2D eigenvalue weighted by molar-refractivity contribution is -0.137. The third kappa shape index (κ3) is 5.19. The van der Waals surface area contributed by atoms with Crippen molar-refractivity contribution < 1.29 is 18.0 Å². The Morgan fingerprint density at radius 1 is 1.08 bits per heavy atom. The van der Waals surface area contributed by atoms with E-state index < -0.39 is 17.0 Å². The van der Waals surface area contributed by atoms with Crippen LogP contribution in [0.5, 0.6) is 0 Å². The maximum absolute atomic E-state index is 12.9. The van der Waals surface area contributed by atoms with Gasteiger partial charge in [-0.1, -0.05) is 42.5 Å². The van der Waals surface area contributed by atoms with Crippen molar-refractivity contribution in [1.29, 1.82) is 0 Å². The van der Waals surface area contributed by atoms with Crippen LogP contribution in [0.4, 0.5) is 18.9 Å².